The second kappa shape index (κ2) is 7.86. The fourth-order valence-corrected chi connectivity index (χ4v) is 2.80. The van der Waals surface area contributed by atoms with Gasteiger partial charge in [-0.2, -0.15) is 5.10 Å². The highest BCUT2D eigenvalue weighted by atomic mass is 16.5. The Morgan fingerprint density at radius 1 is 1.04 bits per heavy atom. The average Bonchev–Trinajstić information content (AvgIpc) is 2.61. The second-order valence-corrected chi connectivity index (χ2v) is 6.51. The van der Waals surface area contributed by atoms with Crippen molar-refractivity contribution in [3.63, 3.8) is 0 Å². The molecule has 0 saturated heterocycles. The molecule has 3 aromatic rings. The number of H-pyrrole nitrogens is 1. The van der Waals surface area contributed by atoms with Crippen molar-refractivity contribution < 1.29 is 9.53 Å². The quantitative estimate of drug-likeness (QED) is 0.727. The molecule has 0 aliphatic rings. The Bertz CT molecular complexity index is 1000. The second-order valence-electron chi connectivity index (χ2n) is 6.51. The van der Waals surface area contributed by atoms with Crippen molar-refractivity contribution in [2.45, 2.75) is 27.3 Å². The third-order valence-electron chi connectivity index (χ3n) is 4.03. The molecule has 6 heteroatoms. The van der Waals surface area contributed by atoms with Crippen molar-refractivity contribution in [1.82, 2.24) is 15.5 Å². The van der Waals surface area contributed by atoms with Crippen molar-refractivity contribution in [2.75, 3.05) is 0 Å². The number of aromatic amines is 1. The summed E-state index contributed by atoms with van der Waals surface area (Å²) in [5, 5.41) is 8.74. The summed E-state index contributed by atoms with van der Waals surface area (Å²) < 4.78 is 6.00. The van der Waals surface area contributed by atoms with Gasteiger partial charge in [0.2, 0.25) is 0 Å². The first-order valence-electron chi connectivity index (χ1n) is 8.60. The van der Waals surface area contributed by atoms with Crippen molar-refractivity contribution in [3.05, 3.63) is 86.8 Å². The third kappa shape index (κ3) is 4.82. The first-order chi connectivity index (χ1) is 12.9. The van der Waals surface area contributed by atoms with E-state index in [1.807, 2.05) is 51.1 Å². The van der Waals surface area contributed by atoms with E-state index >= 15 is 0 Å². The van der Waals surface area contributed by atoms with Crippen molar-refractivity contribution in [3.8, 4) is 11.5 Å². The number of amides is 1. The monoisotopic (exact) mass is 363 g/mol. The summed E-state index contributed by atoms with van der Waals surface area (Å²) in [5.41, 5.74) is 4.04. The summed E-state index contributed by atoms with van der Waals surface area (Å²) in [5.74, 6) is 1.23. The van der Waals surface area contributed by atoms with Crippen LogP contribution in [-0.2, 0) is 6.54 Å². The Morgan fingerprint density at radius 3 is 2.41 bits per heavy atom. The van der Waals surface area contributed by atoms with Crippen LogP contribution in [-0.4, -0.2) is 16.1 Å². The number of ether oxygens (including phenoxy) is 1. The summed E-state index contributed by atoms with van der Waals surface area (Å²) >= 11 is 0. The van der Waals surface area contributed by atoms with Crippen LogP contribution in [0.15, 0.2) is 53.3 Å². The molecule has 0 fully saturated rings. The highest BCUT2D eigenvalue weighted by Crippen LogP contribution is 2.27. The van der Waals surface area contributed by atoms with E-state index < -0.39 is 0 Å². The van der Waals surface area contributed by atoms with Crippen LogP contribution in [0.4, 0.5) is 0 Å². The van der Waals surface area contributed by atoms with Gasteiger partial charge in [0.15, 0.2) is 0 Å². The molecule has 2 N–H and O–H groups in total. The average molecular weight is 363 g/mol. The van der Waals surface area contributed by atoms with Gasteiger partial charge in [-0.05, 0) is 67.3 Å². The highest BCUT2D eigenvalue weighted by Gasteiger charge is 2.08. The summed E-state index contributed by atoms with van der Waals surface area (Å²) in [6.45, 7) is 6.39. The normalized spacial score (nSPS) is 10.5. The van der Waals surface area contributed by atoms with E-state index in [2.05, 4.69) is 21.6 Å². The first kappa shape index (κ1) is 18.4. The lowest BCUT2D eigenvalue weighted by Crippen LogP contribution is -2.25. The number of nitrogens with one attached hydrogen (secondary N) is 2. The van der Waals surface area contributed by atoms with Gasteiger partial charge in [0.05, 0.1) is 0 Å². The van der Waals surface area contributed by atoms with E-state index in [1.54, 1.807) is 0 Å². The lowest BCUT2D eigenvalue weighted by Gasteiger charge is -2.12. The number of rotatable bonds is 5. The predicted octanol–water partition coefficient (Wildman–Crippen LogP) is 3.42. The fraction of sp³-hybridized carbons (Fsp3) is 0.190. The van der Waals surface area contributed by atoms with Gasteiger partial charge >= 0.3 is 0 Å². The maximum absolute atomic E-state index is 12.1. The summed E-state index contributed by atoms with van der Waals surface area (Å²) in [4.78, 5) is 23.1. The molecule has 0 unspecified atom stereocenters. The number of aryl methyl sites for hydroxylation is 3. The zero-order chi connectivity index (χ0) is 19.4. The van der Waals surface area contributed by atoms with Crippen molar-refractivity contribution in [1.29, 1.82) is 0 Å². The van der Waals surface area contributed by atoms with Crippen LogP contribution in [0.2, 0.25) is 0 Å². The standard InChI is InChI=1S/C21H21N3O3/c1-13-8-14(2)10-17(9-13)27-19-6-4-16(11-15(19)3)12-22-21(26)18-5-7-20(25)24-23-18/h4-11H,12H2,1-3H3,(H,22,26)(H,24,25). The molecule has 0 aliphatic heterocycles. The highest BCUT2D eigenvalue weighted by molar-refractivity contribution is 5.91. The number of hydrogen-bond acceptors (Lipinski definition) is 4. The van der Waals surface area contributed by atoms with Crippen LogP contribution in [0.1, 0.15) is 32.7 Å². The van der Waals surface area contributed by atoms with Crippen LogP contribution in [0.25, 0.3) is 0 Å². The van der Waals surface area contributed by atoms with Crippen molar-refractivity contribution in [2.24, 2.45) is 0 Å². The number of aromatic nitrogens is 2. The van der Waals surface area contributed by atoms with Gasteiger partial charge in [-0.25, -0.2) is 5.10 Å². The van der Waals surface area contributed by atoms with Crippen LogP contribution in [0.3, 0.4) is 0 Å². The van der Waals surface area contributed by atoms with E-state index in [1.165, 1.54) is 12.1 Å². The molecule has 27 heavy (non-hydrogen) atoms. The Labute approximate surface area is 157 Å². The Hall–Kier alpha value is -3.41. The molecule has 1 heterocycles. The Balaban J connectivity index is 1.66. The first-order valence-corrected chi connectivity index (χ1v) is 8.60. The summed E-state index contributed by atoms with van der Waals surface area (Å²) in [6.07, 6.45) is 0. The van der Waals surface area contributed by atoms with E-state index in [0.717, 1.165) is 33.8 Å². The van der Waals surface area contributed by atoms with Crippen LogP contribution < -0.4 is 15.6 Å². The molecular formula is C21H21N3O3. The largest absolute Gasteiger partial charge is 0.457 e. The molecular weight excluding hydrogens is 342 g/mol. The fourth-order valence-electron chi connectivity index (χ4n) is 2.80. The number of hydrogen-bond donors (Lipinski definition) is 2. The van der Waals surface area contributed by atoms with Gasteiger partial charge in [-0.3, -0.25) is 9.59 Å². The number of benzene rings is 2. The molecule has 138 valence electrons. The molecule has 0 radical (unpaired) electrons. The van der Waals surface area contributed by atoms with Crippen molar-refractivity contribution >= 4 is 5.91 Å². The molecule has 1 aromatic heterocycles. The molecule has 0 saturated carbocycles. The zero-order valence-electron chi connectivity index (χ0n) is 15.5. The minimum atomic E-state index is -0.348. The van der Waals surface area contributed by atoms with Gasteiger partial charge in [-0.15, -0.1) is 0 Å². The smallest absolute Gasteiger partial charge is 0.271 e. The van der Waals surface area contributed by atoms with Crippen LogP contribution in [0.5, 0.6) is 11.5 Å². The maximum Gasteiger partial charge on any atom is 0.271 e. The summed E-state index contributed by atoms with van der Waals surface area (Å²) in [7, 11) is 0. The lowest BCUT2D eigenvalue weighted by molar-refractivity contribution is 0.0945. The van der Waals surface area contributed by atoms with E-state index in [0.29, 0.717) is 6.54 Å². The molecule has 6 nitrogen and oxygen atoms in total. The van der Waals surface area contributed by atoms with Gasteiger partial charge in [0, 0.05) is 12.6 Å². The predicted molar refractivity (Wildman–Crippen MR) is 103 cm³/mol. The minimum absolute atomic E-state index is 0.168. The third-order valence-corrected chi connectivity index (χ3v) is 4.03. The van der Waals surface area contributed by atoms with E-state index in [-0.39, 0.29) is 17.2 Å². The van der Waals surface area contributed by atoms with Gasteiger partial charge in [0.25, 0.3) is 11.5 Å². The molecule has 0 atom stereocenters. The number of carbonyl (C=O) groups is 1. The molecule has 0 bridgehead atoms. The molecule has 0 aliphatic carbocycles. The number of carbonyl (C=O) groups excluding carboxylic acids is 1. The molecule has 3 rings (SSSR count). The molecule has 2 aromatic carbocycles. The topological polar surface area (TPSA) is 84.1 Å². The Morgan fingerprint density at radius 2 is 1.78 bits per heavy atom. The van der Waals surface area contributed by atoms with Gasteiger partial charge in [-0.1, -0.05) is 18.2 Å². The summed E-state index contributed by atoms with van der Waals surface area (Å²) in [6, 6.07) is 14.5. The molecule has 1 amide bonds. The van der Waals surface area contributed by atoms with Gasteiger partial charge < -0.3 is 10.1 Å². The van der Waals surface area contributed by atoms with Crippen LogP contribution >= 0.6 is 0 Å². The molecule has 0 spiro atoms. The van der Waals surface area contributed by atoms with E-state index in [4.69, 9.17) is 4.74 Å². The Kier molecular flexibility index (Phi) is 5.35. The van der Waals surface area contributed by atoms with Crippen LogP contribution in [0, 0.1) is 20.8 Å². The minimum Gasteiger partial charge on any atom is -0.457 e. The van der Waals surface area contributed by atoms with E-state index in [9.17, 15) is 9.59 Å². The lowest BCUT2D eigenvalue weighted by atomic mass is 10.1. The zero-order valence-corrected chi connectivity index (χ0v) is 15.5. The van der Waals surface area contributed by atoms with Gasteiger partial charge in [0.1, 0.15) is 17.2 Å². The number of nitrogens with zero attached hydrogens (tertiary/aromatic N) is 1. The SMILES string of the molecule is Cc1cc(C)cc(Oc2ccc(CNC(=O)c3ccc(=O)[nH]n3)cc2C)c1. The maximum atomic E-state index is 12.1.